The fourth-order valence-electron chi connectivity index (χ4n) is 2.70. The van der Waals surface area contributed by atoms with E-state index in [2.05, 4.69) is 5.10 Å². The second-order valence-corrected chi connectivity index (χ2v) is 5.65. The maximum atomic E-state index is 12.4. The standard InChI is InChI=1S/C20H20N2O4/c1-25-16-7-3-14(4-8-16)18-13-19(24)22(11-12-23)21-20(18)15-5-9-17(26-2)10-6-15/h3-10,13,23H,11-12H2,1-2H3. The quantitative estimate of drug-likeness (QED) is 0.738. The Morgan fingerprint density at radius 3 is 1.96 bits per heavy atom. The molecule has 1 N–H and O–H groups in total. The highest BCUT2D eigenvalue weighted by Crippen LogP contribution is 2.31. The number of methoxy groups -OCH3 is 2. The second kappa shape index (κ2) is 7.84. The molecule has 1 heterocycles. The molecule has 6 nitrogen and oxygen atoms in total. The van der Waals surface area contributed by atoms with Crippen molar-refractivity contribution < 1.29 is 14.6 Å². The van der Waals surface area contributed by atoms with Crippen LogP contribution in [-0.2, 0) is 6.54 Å². The van der Waals surface area contributed by atoms with Gasteiger partial charge in [-0.15, -0.1) is 0 Å². The Bertz CT molecular complexity index is 932. The summed E-state index contributed by atoms with van der Waals surface area (Å²) in [6, 6.07) is 16.5. The fourth-order valence-corrected chi connectivity index (χ4v) is 2.70. The number of benzene rings is 2. The Labute approximate surface area is 151 Å². The van der Waals surface area contributed by atoms with Crippen molar-refractivity contribution in [3.63, 3.8) is 0 Å². The molecule has 0 bridgehead atoms. The monoisotopic (exact) mass is 352 g/mol. The van der Waals surface area contributed by atoms with Crippen molar-refractivity contribution in [1.82, 2.24) is 9.78 Å². The lowest BCUT2D eigenvalue weighted by atomic mass is 10.00. The van der Waals surface area contributed by atoms with E-state index in [0.29, 0.717) is 5.69 Å². The van der Waals surface area contributed by atoms with Crippen LogP contribution in [0.2, 0.25) is 0 Å². The van der Waals surface area contributed by atoms with Crippen LogP contribution in [0.4, 0.5) is 0 Å². The predicted octanol–water partition coefficient (Wildman–Crippen LogP) is 2.59. The van der Waals surface area contributed by atoms with Gasteiger partial charge in [-0.25, -0.2) is 4.68 Å². The molecule has 134 valence electrons. The molecular weight excluding hydrogens is 332 g/mol. The Morgan fingerprint density at radius 2 is 1.46 bits per heavy atom. The highest BCUT2D eigenvalue weighted by atomic mass is 16.5. The van der Waals surface area contributed by atoms with Gasteiger partial charge in [0.1, 0.15) is 11.5 Å². The van der Waals surface area contributed by atoms with Gasteiger partial charge in [0.05, 0.1) is 33.1 Å². The minimum atomic E-state index is -0.262. The third-order valence-electron chi connectivity index (χ3n) is 4.07. The van der Waals surface area contributed by atoms with Crippen LogP contribution >= 0.6 is 0 Å². The van der Waals surface area contributed by atoms with Gasteiger partial charge in [-0.05, 0) is 42.0 Å². The largest absolute Gasteiger partial charge is 0.497 e. The summed E-state index contributed by atoms with van der Waals surface area (Å²) in [5, 5.41) is 13.7. The zero-order chi connectivity index (χ0) is 18.5. The van der Waals surface area contributed by atoms with Gasteiger partial charge in [0.25, 0.3) is 5.56 Å². The minimum Gasteiger partial charge on any atom is -0.497 e. The number of nitrogens with zero attached hydrogens (tertiary/aromatic N) is 2. The summed E-state index contributed by atoms with van der Waals surface area (Å²) in [7, 11) is 3.22. The molecule has 0 radical (unpaired) electrons. The molecule has 0 amide bonds. The van der Waals surface area contributed by atoms with E-state index in [0.717, 1.165) is 28.2 Å². The molecule has 0 saturated carbocycles. The first-order valence-corrected chi connectivity index (χ1v) is 8.18. The molecule has 3 aromatic rings. The van der Waals surface area contributed by atoms with E-state index in [9.17, 15) is 9.90 Å². The van der Waals surface area contributed by atoms with Crippen molar-refractivity contribution in [3.05, 3.63) is 65.0 Å². The van der Waals surface area contributed by atoms with E-state index in [-0.39, 0.29) is 18.7 Å². The van der Waals surface area contributed by atoms with Crippen molar-refractivity contribution in [2.24, 2.45) is 0 Å². The zero-order valence-electron chi connectivity index (χ0n) is 14.7. The van der Waals surface area contributed by atoms with Crippen LogP contribution in [0.25, 0.3) is 22.4 Å². The Morgan fingerprint density at radius 1 is 0.923 bits per heavy atom. The molecule has 0 saturated heterocycles. The van der Waals surface area contributed by atoms with Gasteiger partial charge in [0.2, 0.25) is 0 Å². The number of ether oxygens (including phenoxy) is 2. The zero-order valence-corrected chi connectivity index (χ0v) is 14.7. The first-order chi connectivity index (χ1) is 12.7. The molecule has 0 atom stereocenters. The molecule has 0 aliphatic carbocycles. The van der Waals surface area contributed by atoms with E-state index in [1.165, 1.54) is 4.68 Å². The summed E-state index contributed by atoms with van der Waals surface area (Å²) >= 11 is 0. The second-order valence-electron chi connectivity index (χ2n) is 5.65. The van der Waals surface area contributed by atoms with Crippen molar-refractivity contribution in [1.29, 1.82) is 0 Å². The fraction of sp³-hybridized carbons (Fsp3) is 0.200. The lowest BCUT2D eigenvalue weighted by Gasteiger charge is -2.13. The Kier molecular flexibility index (Phi) is 5.34. The van der Waals surface area contributed by atoms with Crippen LogP contribution < -0.4 is 15.0 Å². The Balaban J connectivity index is 2.17. The van der Waals surface area contributed by atoms with Crippen molar-refractivity contribution in [2.75, 3.05) is 20.8 Å². The van der Waals surface area contributed by atoms with Gasteiger partial charge >= 0.3 is 0 Å². The summed E-state index contributed by atoms with van der Waals surface area (Å²) in [4.78, 5) is 12.4. The van der Waals surface area contributed by atoms with Crippen LogP contribution in [0.5, 0.6) is 11.5 Å². The van der Waals surface area contributed by atoms with E-state index < -0.39 is 0 Å². The summed E-state index contributed by atoms with van der Waals surface area (Å²) < 4.78 is 11.7. The third-order valence-corrected chi connectivity index (χ3v) is 4.07. The molecule has 1 aromatic heterocycles. The number of hydrogen-bond donors (Lipinski definition) is 1. The van der Waals surface area contributed by atoms with Gasteiger partial charge in [-0.2, -0.15) is 5.10 Å². The molecule has 0 aliphatic heterocycles. The summed E-state index contributed by atoms with van der Waals surface area (Å²) in [5.74, 6) is 1.48. The summed E-state index contributed by atoms with van der Waals surface area (Å²) in [6.07, 6.45) is 0. The maximum absolute atomic E-state index is 12.4. The maximum Gasteiger partial charge on any atom is 0.267 e. The first-order valence-electron chi connectivity index (χ1n) is 8.18. The minimum absolute atomic E-state index is 0.144. The Hall–Kier alpha value is -3.12. The van der Waals surface area contributed by atoms with Crippen molar-refractivity contribution in [2.45, 2.75) is 6.54 Å². The number of aliphatic hydroxyl groups is 1. The molecule has 0 aliphatic rings. The third kappa shape index (κ3) is 3.60. The van der Waals surface area contributed by atoms with E-state index >= 15 is 0 Å². The number of hydrogen-bond acceptors (Lipinski definition) is 5. The molecule has 0 spiro atoms. The normalized spacial score (nSPS) is 10.6. The van der Waals surface area contributed by atoms with Crippen LogP contribution in [-0.4, -0.2) is 35.7 Å². The molecule has 6 heteroatoms. The van der Waals surface area contributed by atoms with Crippen LogP contribution in [0, 0.1) is 0 Å². The number of rotatable bonds is 6. The summed E-state index contributed by atoms with van der Waals surface area (Å²) in [5.41, 5.74) is 2.82. The van der Waals surface area contributed by atoms with E-state index in [1.54, 1.807) is 20.3 Å². The van der Waals surface area contributed by atoms with Gasteiger partial charge in [0, 0.05) is 17.2 Å². The van der Waals surface area contributed by atoms with Crippen molar-refractivity contribution in [3.8, 4) is 33.9 Å². The molecule has 0 fully saturated rings. The van der Waals surface area contributed by atoms with Gasteiger partial charge in [-0.3, -0.25) is 4.79 Å². The highest BCUT2D eigenvalue weighted by molar-refractivity contribution is 5.80. The molecule has 26 heavy (non-hydrogen) atoms. The highest BCUT2D eigenvalue weighted by Gasteiger charge is 2.13. The van der Waals surface area contributed by atoms with Crippen LogP contribution in [0.3, 0.4) is 0 Å². The lowest BCUT2D eigenvalue weighted by molar-refractivity contribution is 0.266. The van der Waals surface area contributed by atoms with Crippen LogP contribution in [0.1, 0.15) is 0 Å². The van der Waals surface area contributed by atoms with Gasteiger partial charge in [0.15, 0.2) is 0 Å². The van der Waals surface area contributed by atoms with Crippen LogP contribution in [0.15, 0.2) is 59.4 Å². The SMILES string of the molecule is COc1ccc(-c2cc(=O)n(CCO)nc2-c2ccc(OC)cc2)cc1. The first kappa shape index (κ1) is 17.7. The van der Waals surface area contributed by atoms with Gasteiger partial charge in [-0.1, -0.05) is 12.1 Å². The molecule has 0 unspecified atom stereocenters. The lowest BCUT2D eigenvalue weighted by Crippen LogP contribution is -2.24. The molecule has 3 rings (SSSR count). The predicted molar refractivity (Wildman–Crippen MR) is 99.6 cm³/mol. The summed E-state index contributed by atoms with van der Waals surface area (Å²) in [6.45, 7) is -0.0122. The number of aliphatic hydroxyl groups excluding tert-OH is 1. The molecular formula is C20H20N2O4. The average Bonchev–Trinajstić information content (AvgIpc) is 2.69. The number of aromatic nitrogens is 2. The van der Waals surface area contributed by atoms with E-state index in [4.69, 9.17) is 9.47 Å². The topological polar surface area (TPSA) is 73.6 Å². The van der Waals surface area contributed by atoms with E-state index in [1.807, 2.05) is 48.5 Å². The average molecular weight is 352 g/mol. The molecule has 2 aromatic carbocycles. The van der Waals surface area contributed by atoms with Gasteiger partial charge < -0.3 is 14.6 Å². The smallest absolute Gasteiger partial charge is 0.267 e. The van der Waals surface area contributed by atoms with Crippen molar-refractivity contribution >= 4 is 0 Å².